The van der Waals surface area contributed by atoms with Crippen molar-refractivity contribution >= 4 is 11.3 Å². The van der Waals surface area contributed by atoms with Crippen LogP contribution in [0.4, 0.5) is 0 Å². The molecule has 6 heteroatoms. The van der Waals surface area contributed by atoms with Crippen molar-refractivity contribution in [2.75, 3.05) is 0 Å². The fourth-order valence-corrected chi connectivity index (χ4v) is 4.06. The first-order chi connectivity index (χ1) is 11.7. The molecule has 4 rings (SSSR count). The minimum absolute atomic E-state index is 0.119. The third-order valence-corrected chi connectivity index (χ3v) is 5.25. The summed E-state index contributed by atoms with van der Waals surface area (Å²) in [6.45, 7) is 2.04. The highest BCUT2D eigenvalue weighted by molar-refractivity contribution is 7.10. The molecule has 3 aromatic rings. The molecule has 1 aliphatic rings. The lowest BCUT2D eigenvalue weighted by molar-refractivity contribution is 0.379. The molecule has 1 atom stereocenters. The number of aryl methyl sites for hydroxylation is 1. The Morgan fingerprint density at radius 1 is 1.29 bits per heavy atom. The van der Waals surface area contributed by atoms with E-state index in [4.69, 9.17) is 10.5 Å². The molecule has 3 heterocycles. The molecule has 118 valence electrons. The molecule has 0 bridgehead atoms. The Kier molecular flexibility index (Phi) is 3.36. The van der Waals surface area contributed by atoms with Crippen LogP contribution in [0.2, 0.25) is 0 Å². The van der Waals surface area contributed by atoms with Crippen molar-refractivity contribution in [3.8, 4) is 23.2 Å². The smallest absolute Gasteiger partial charge is 0.244 e. The Labute approximate surface area is 143 Å². The SMILES string of the molecule is Cc1ccsc1C1C(C#N)=C(N)Oc2n[nH]c(-c3ccccc3)c21. The van der Waals surface area contributed by atoms with Crippen molar-refractivity contribution in [3.63, 3.8) is 0 Å². The second-order valence-electron chi connectivity index (χ2n) is 5.58. The standard InChI is InChI=1S/C18H14N4OS/c1-10-7-8-24-16(10)13-12(9-19)17(20)23-18-14(13)15(21-22-18)11-5-3-2-4-6-11/h2-8,13H,20H2,1H3,(H,21,22). The van der Waals surface area contributed by atoms with Crippen LogP contribution in [0.25, 0.3) is 11.3 Å². The summed E-state index contributed by atoms with van der Waals surface area (Å²) >= 11 is 1.61. The zero-order valence-electron chi connectivity index (χ0n) is 12.9. The van der Waals surface area contributed by atoms with Crippen molar-refractivity contribution in [1.82, 2.24) is 10.2 Å². The van der Waals surface area contributed by atoms with Crippen LogP contribution >= 0.6 is 11.3 Å². The highest BCUT2D eigenvalue weighted by Gasteiger charge is 2.36. The van der Waals surface area contributed by atoms with E-state index in [9.17, 15) is 5.26 Å². The number of nitrogens with one attached hydrogen (secondary N) is 1. The summed E-state index contributed by atoms with van der Waals surface area (Å²) in [7, 11) is 0. The van der Waals surface area contributed by atoms with Gasteiger partial charge in [-0.15, -0.1) is 16.4 Å². The van der Waals surface area contributed by atoms with Gasteiger partial charge < -0.3 is 10.5 Å². The largest absolute Gasteiger partial charge is 0.420 e. The number of rotatable bonds is 2. The van der Waals surface area contributed by atoms with Crippen LogP contribution in [-0.4, -0.2) is 10.2 Å². The monoisotopic (exact) mass is 334 g/mol. The van der Waals surface area contributed by atoms with Crippen molar-refractivity contribution in [2.24, 2.45) is 5.73 Å². The Bertz CT molecular complexity index is 978. The van der Waals surface area contributed by atoms with Gasteiger partial charge in [-0.25, -0.2) is 0 Å². The van der Waals surface area contributed by atoms with Crippen LogP contribution < -0.4 is 10.5 Å². The molecule has 0 saturated heterocycles. The number of nitrogens with zero attached hydrogens (tertiary/aromatic N) is 2. The number of benzene rings is 1. The molecule has 24 heavy (non-hydrogen) atoms. The maximum Gasteiger partial charge on any atom is 0.244 e. The van der Waals surface area contributed by atoms with Crippen molar-refractivity contribution < 1.29 is 4.74 Å². The molecule has 1 aliphatic heterocycles. The summed E-state index contributed by atoms with van der Waals surface area (Å²) in [5.74, 6) is 0.282. The van der Waals surface area contributed by atoms with E-state index >= 15 is 0 Å². The number of allylic oxidation sites excluding steroid dienone is 1. The van der Waals surface area contributed by atoms with Crippen LogP contribution in [0.3, 0.4) is 0 Å². The average Bonchev–Trinajstić information content (AvgIpc) is 3.20. The van der Waals surface area contributed by atoms with Gasteiger partial charge in [0.1, 0.15) is 11.6 Å². The maximum absolute atomic E-state index is 9.65. The number of ether oxygens (including phenoxy) is 1. The first kappa shape index (κ1) is 14.5. The molecule has 0 spiro atoms. The van der Waals surface area contributed by atoms with Gasteiger partial charge in [0.15, 0.2) is 0 Å². The lowest BCUT2D eigenvalue weighted by Gasteiger charge is -2.23. The zero-order valence-corrected chi connectivity index (χ0v) is 13.7. The van der Waals surface area contributed by atoms with Gasteiger partial charge in [-0.3, -0.25) is 5.10 Å². The van der Waals surface area contributed by atoms with Crippen molar-refractivity contribution in [1.29, 1.82) is 5.26 Å². The zero-order chi connectivity index (χ0) is 16.7. The topological polar surface area (TPSA) is 87.7 Å². The number of nitrogens with two attached hydrogens (primary N) is 1. The van der Waals surface area contributed by atoms with Gasteiger partial charge in [0.05, 0.1) is 17.2 Å². The number of hydrogen-bond acceptors (Lipinski definition) is 5. The molecular formula is C18H14N4OS. The Balaban J connectivity index is 1.98. The molecule has 0 aliphatic carbocycles. The molecule has 1 unspecified atom stereocenters. The number of thiophene rings is 1. The number of hydrogen-bond donors (Lipinski definition) is 2. The molecule has 5 nitrogen and oxygen atoms in total. The first-order valence-corrected chi connectivity index (χ1v) is 8.34. The molecular weight excluding hydrogens is 320 g/mol. The minimum Gasteiger partial charge on any atom is -0.420 e. The summed E-state index contributed by atoms with van der Waals surface area (Å²) < 4.78 is 5.60. The van der Waals surface area contributed by atoms with Gasteiger partial charge in [0.2, 0.25) is 11.8 Å². The third kappa shape index (κ3) is 2.10. The fourth-order valence-electron chi connectivity index (χ4n) is 3.01. The minimum atomic E-state index is -0.271. The summed E-state index contributed by atoms with van der Waals surface area (Å²) in [5.41, 5.74) is 10.2. The molecule has 0 fully saturated rings. The highest BCUT2D eigenvalue weighted by atomic mass is 32.1. The Morgan fingerprint density at radius 3 is 2.75 bits per heavy atom. The molecule has 2 aromatic heterocycles. The lowest BCUT2D eigenvalue weighted by atomic mass is 9.86. The highest BCUT2D eigenvalue weighted by Crippen LogP contribution is 2.47. The van der Waals surface area contributed by atoms with Gasteiger partial charge in [-0.1, -0.05) is 30.3 Å². The molecule has 0 radical (unpaired) electrons. The molecule has 1 aromatic carbocycles. The predicted octanol–water partition coefficient (Wildman–Crippen LogP) is 3.66. The average molecular weight is 334 g/mol. The van der Waals surface area contributed by atoms with Gasteiger partial charge in [-0.05, 0) is 29.5 Å². The van der Waals surface area contributed by atoms with E-state index in [1.54, 1.807) is 11.3 Å². The summed E-state index contributed by atoms with van der Waals surface area (Å²) in [4.78, 5) is 1.08. The van der Waals surface area contributed by atoms with Crippen LogP contribution in [0.5, 0.6) is 5.88 Å². The number of nitriles is 1. The van der Waals surface area contributed by atoms with E-state index in [1.807, 2.05) is 48.7 Å². The second kappa shape index (κ2) is 5.55. The fraction of sp³-hybridized carbons (Fsp3) is 0.111. The second-order valence-corrected chi connectivity index (χ2v) is 6.52. The molecule has 0 saturated carbocycles. The van der Waals surface area contributed by atoms with Crippen molar-refractivity contribution in [2.45, 2.75) is 12.8 Å². The summed E-state index contributed by atoms with van der Waals surface area (Å²) in [5, 5.41) is 19.0. The van der Waals surface area contributed by atoms with Crippen LogP contribution in [0.1, 0.15) is 21.9 Å². The predicted molar refractivity (Wildman–Crippen MR) is 92.4 cm³/mol. The Hall–Kier alpha value is -3.04. The van der Waals surface area contributed by atoms with E-state index in [0.29, 0.717) is 11.5 Å². The van der Waals surface area contributed by atoms with E-state index in [2.05, 4.69) is 16.3 Å². The van der Waals surface area contributed by atoms with Crippen LogP contribution in [-0.2, 0) is 0 Å². The lowest BCUT2D eigenvalue weighted by Crippen LogP contribution is -2.20. The summed E-state index contributed by atoms with van der Waals surface area (Å²) in [6.07, 6.45) is 0. The Morgan fingerprint density at radius 2 is 2.08 bits per heavy atom. The summed E-state index contributed by atoms with van der Waals surface area (Å²) in [6, 6.07) is 14.2. The van der Waals surface area contributed by atoms with Crippen LogP contribution in [0, 0.1) is 18.3 Å². The maximum atomic E-state index is 9.65. The first-order valence-electron chi connectivity index (χ1n) is 7.46. The van der Waals surface area contributed by atoms with Gasteiger partial charge >= 0.3 is 0 Å². The van der Waals surface area contributed by atoms with Crippen molar-refractivity contribution in [3.05, 3.63) is 69.2 Å². The van der Waals surface area contributed by atoms with E-state index < -0.39 is 0 Å². The van der Waals surface area contributed by atoms with Gasteiger partial charge in [-0.2, -0.15) is 5.26 Å². The number of H-pyrrole nitrogens is 1. The van der Waals surface area contributed by atoms with E-state index in [-0.39, 0.29) is 11.8 Å². The van der Waals surface area contributed by atoms with E-state index in [0.717, 1.165) is 27.3 Å². The van der Waals surface area contributed by atoms with Crippen LogP contribution in [0.15, 0.2) is 53.2 Å². The number of aromatic nitrogens is 2. The molecule has 3 N–H and O–H groups in total. The van der Waals surface area contributed by atoms with E-state index in [1.165, 1.54) is 0 Å². The number of aromatic amines is 1. The third-order valence-electron chi connectivity index (χ3n) is 4.17. The quantitative estimate of drug-likeness (QED) is 0.748. The van der Waals surface area contributed by atoms with Gasteiger partial charge in [0.25, 0.3) is 0 Å². The van der Waals surface area contributed by atoms with Gasteiger partial charge in [0, 0.05) is 4.88 Å². The number of fused-ring (bicyclic) bond motifs is 1. The molecule has 0 amide bonds. The normalized spacial score (nSPS) is 16.4.